The molecule has 34 heavy (non-hydrogen) atoms. The van der Waals surface area contributed by atoms with E-state index < -0.39 is 5.60 Å². The number of Topliss-reactive ketones (excluding diaryl/α,β-unsaturated/α-hetero) is 1. The third-order valence-electron chi connectivity index (χ3n) is 6.17. The van der Waals surface area contributed by atoms with E-state index in [0.29, 0.717) is 84.9 Å². The Labute approximate surface area is 204 Å². The van der Waals surface area contributed by atoms with Crippen LogP contribution in [0.15, 0.2) is 30.3 Å². The molecule has 1 amide bonds. The Morgan fingerprint density at radius 2 is 1.62 bits per heavy atom. The first kappa shape index (κ1) is 24.2. The molecule has 0 bridgehead atoms. The van der Waals surface area contributed by atoms with Gasteiger partial charge in [-0.3, -0.25) is 9.59 Å². The molecule has 8 heteroatoms. The van der Waals surface area contributed by atoms with E-state index in [0.717, 1.165) is 0 Å². The van der Waals surface area contributed by atoms with E-state index in [1.165, 1.54) is 0 Å². The van der Waals surface area contributed by atoms with E-state index >= 15 is 0 Å². The number of hydrogen-bond acceptors (Lipinski definition) is 6. The van der Waals surface area contributed by atoms with Gasteiger partial charge in [-0.05, 0) is 51.1 Å². The van der Waals surface area contributed by atoms with Crippen molar-refractivity contribution in [2.24, 2.45) is 0 Å². The fourth-order valence-electron chi connectivity index (χ4n) is 4.56. The van der Waals surface area contributed by atoms with Crippen LogP contribution in [-0.2, 0) is 0 Å². The van der Waals surface area contributed by atoms with Gasteiger partial charge < -0.3 is 23.8 Å². The molecular formula is C26H30ClNO6. The number of fused-ring (bicyclic) bond motifs is 1. The maximum atomic E-state index is 13.4. The second-order valence-electron chi connectivity index (χ2n) is 8.42. The van der Waals surface area contributed by atoms with Crippen molar-refractivity contribution in [3.8, 4) is 23.0 Å². The summed E-state index contributed by atoms with van der Waals surface area (Å²) in [5.74, 6) is 1.96. The van der Waals surface area contributed by atoms with Gasteiger partial charge in [-0.1, -0.05) is 11.6 Å². The lowest BCUT2D eigenvalue weighted by Crippen LogP contribution is -2.52. The highest BCUT2D eigenvalue weighted by atomic mass is 35.5. The molecule has 0 atom stereocenters. The van der Waals surface area contributed by atoms with Gasteiger partial charge in [0.1, 0.15) is 11.4 Å². The molecule has 2 aromatic rings. The molecule has 2 aromatic carbocycles. The van der Waals surface area contributed by atoms with Crippen LogP contribution in [0, 0.1) is 0 Å². The molecule has 0 aliphatic carbocycles. The highest BCUT2D eigenvalue weighted by molar-refractivity contribution is 6.31. The van der Waals surface area contributed by atoms with Crippen LogP contribution in [0.4, 0.5) is 0 Å². The van der Waals surface area contributed by atoms with Gasteiger partial charge in [0, 0.05) is 36.5 Å². The van der Waals surface area contributed by atoms with Gasteiger partial charge in [0.05, 0.1) is 31.8 Å². The van der Waals surface area contributed by atoms with E-state index in [4.69, 9.17) is 30.5 Å². The number of ether oxygens (including phenoxy) is 4. The highest BCUT2D eigenvalue weighted by Crippen LogP contribution is 2.42. The average molecular weight is 488 g/mol. The van der Waals surface area contributed by atoms with Crippen LogP contribution < -0.4 is 18.9 Å². The highest BCUT2D eigenvalue weighted by Gasteiger charge is 2.44. The second-order valence-corrected chi connectivity index (χ2v) is 8.85. The van der Waals surface area contributed by atoms with Crippen LogP contribution in [0.2, 0.25) is 5.02 Å². The van der Waals surface area contributed by atoms with Crippen LogP contribution in [0.25, 0.3) is 0 Å². The summed E-state index contributed by atoms with van der Waals surface area (Å²) in [6.45, 7) is 7.95. The Bertz CT molecular complexity index is 1050. The molecule has 182 valence electrons. The van der Waals surface area contributed by atoms with E-state index in [1.807, 2.05) is 20.8 Å². The van der Waals surface area contributed by atoms with Crippen LogP contribution >= 0.6 is 11.6 Å². The minimum atomic E-state index is -0.597. The summed E-state index contributed by atoms with van der Waals surface area (Å²) >= 11 is 6.04. The zero-order chi connectivity index (χ0) is 24.3. The molecule has 2 aliphatic heterocycles. The largest absolute Gasteiger partial charge is 0.490 e. The number of ketones is 1. The van der Waals surface area contributed by atoms with Crippen molar-refractivity contribution >= 4 is 23.3 Å². The van der Waals surface area contributed by atoms with E-state index in [9.17, 15) is 9.59 Å². The van der Waals surface area contributed by atoms with Crippen LogP contribution in [-0.4, -0.2) is 55.1 Å². The first-order valence-electron chi connectivity index (χ1n) is 11.8. The summed E-state index contributed by atoms with van der Waals surface area (Å²) in [5.41, 5.74) is 0.408. The number of rotatable bonds is 7. The normalized spacial score (nSPS) is 16.6. The lowest BCUT2D eigenvalue weighted by molar-refractivity contribution is -0.00573. The average Bonchev–Trinajstić information content (AvgIpc) is 2.82. The Kier molecular flexibility index (Phi) is 7.22. The number of benzene rings is 2. The van der Waals surface area contributed by atoms with Gasteiger partial charge in [0.15, 0.2) is 17.3 Å². The molecule has 1 spiro atoms. The molecule has 0 N–H and O–H groups in total. The summed E-state index contributed by atoms with van der Waals surface area (Å²) in [4.78, 5) is 28.0. The fourth-order valence-corrected chi connectivity index (χ4v) is 4.73. The standard InChI is InChI=1S/C26H30ClNO6/c1-4-31-22-13-17(14-23(32-5-2)24(22)33-6-3)25(30)28-11-9-26(10-12-28)16-20(29)19-15-18(27)7-8-21(19)34-26/h7-8,13-15H,4-6,9-12,16H2,1-3H3. The lowest BCUT2D eigenvalue weighted by Gasteiger charge is -2.44. The summed E-state index contributed by atoms with van der Waals surface area (Å²) in [7, 11) is 0. The van der Waals surface area contributed by atoms with Crippen LogP contribution in [0.3, 0.4) is 0 Å². The van der Waals surface area contributed by atoms with Crippen molar-refractivity contribution < 1.29 is 28.5 Å². The van der Waals surface area contributed by atoms with Gasteiger partial charge in [-0.25, -0.2) is 0 Å². The van der Waals surface area contributed by atoms with Crippen LogP contribution in [0.1, 0.15) is 60.7 Å². The third kappa shape index (κ3) is 4.80. The number of likely N-dealkylation sites (tertiary alicyclic amines) is 1. The second kappa shape index (κ2) is 10.1. The zero-order valence-corrected chi connectivity index (χ0v) is 20.6. The number of amides is 1. The molecule has 2 heterocycles. The molecule has 0 saturated carbocycles. The van der Waals surface area contributed by atoms with E-state index in [2.05, 4.69) is 0 Å². The van der Waals surface area contributed by atoms with Crippen molar-refractivity contribution in [1.82, 2.24) is 4.90 Å². The maximum Gasteiger partial charge on any atom is 0.254 e. The minimum Gasteiger partial charge on any atom is -0.490 e. The zero-order valence-electron chi connectivity index (χ0n) is 19.8. The third-order valence-corrected chi connectivity index (χ3v) is 6.40. The molecule has 2 aliphatic rings. The van der Waals surface area contributed by atoms with Gasteiger partial charge in [0.25, 0.3) is 5.91 Å². The first-order chi connectivity index (χ1) is 16.4. The van der Waals surface area contributed by atoms with E-state index in [1.54, 1.807) is 35.2 Å². The quantitative estimate of drug-likeness (QED) is 0.536. The number of carbonyl (C=O) groups is 2. The van der Waals surface area contributed by atoms with Crippen molar-refractivity contribution in [3.05, 3.63) is 46.5 Å². The van der Waals surface area contributed by atoms with Crippen molar-refractivity contribution in [1.29, 1.82) is 0 Å². The number of carbonyl (C=O) groups excluding carboxylic acids is 2. The fraction of sp³-hybridized carbons (Fsp3) is 0.462. The number of piperidine rings is 1. The molecule has 4 rings (SSSR count). The van der Waals surface area contributed by atoms with Crippen LogP contribution in [0.5, 0.6) is 23.0 Å². The molecule has 1 fully saturated rings. The molecule has 7 nitrogen and oxygen atoms in total. The van der Waals surface area contributed by atoms with Gasteiger partial charge in [0.2, 0.25) is 5.75 Å². The van der Waals surface area contributed by atoms with Gasteiger partial charge in [-0.2, -0.15) is 0 Å². The number of halogens is 1. The summed E-state index contributed by atoms with van der Waals surface area (Å²) in [5, 5.41) is 0.514. The SMILES string of the molecule is CCOc1cc(C(=O)N2CCC3(CC2)CC(=O)c2cc(Cl)ccc2O3)cc(OCC)c1OCC. The topological polar surface area (TPSA) is 74.3 Å². The van der Waals surface area contributed by atoms with Gasteiger partial charge in [-0.15, -0.1) is 0 Å². The predicted octanol–water partition coefficient (Wildman–Crippen LogP) is 5.18. The lowest BCUT2D eigenvalue weighted by atomic mass is 9.82. The Morgan fingerprint density at radius 3 is 2.21 bits per heavy atom. The minimum absolute atomic E-state index is 0.0257. The molecule has 0 radical (unpaired) electrons. The number of hydrogen-bond donors (Lipinski definition) is 0. The Morgan fingerprint density at radius 1 is 1.00 bits per heavy atom. The summed E-state index contributed by atoms with van der Waals surface area (Å²) < 4.78 is 23.5. The van der Waals surface area contributed by atoms with E-state index in [-0.39, 0.29) is 18.1 Å². The van der Waals surface area contributed by atoms with Crippen molar-refractivity contribution in [2.45, 2.75) is 45.6 Å². The monoisotopic (exact) mass is 487 g/mol. The van der Waals surface area contributed by atoms with Crippen molar-refractivity contribution in [2.75, 3.05) is 32.9 Å². The molecule has 0 aromatic heterocycles. The maximum absolute atomic E-state index is 13.4. The molecule has 0 unspecified atom stereocenters. The number of nitrogens with zero attached hydrogens (tertiary/aromatic N) is 1. The van der Waals surface area contributed by atoms with Gasteiger partial charge >= 0.3 is 0 Å². The summed E-state index contributed by atoms with van der Waals surface area (Å²) in [6, 6.07) is 8.55. The smallest absolute Gasteiger partial charge is 0.254 e. The summed E-state index contributed by atoms with van der Waals surface area (Å²) in [6.07, 6.45) is 1.43. The predicted molar refractivity (Wildman–Crippen MR) is 129 cm³/mol. The Balaban J connectivity index is 1.52. The van der Waals surface area contributed by atoms with Crippen molar-refractivity contribution in [3.63, 3.8) is 0 Å². The Hall–Kier alpha value is -2.93. The molecule has 1 saturated heterocycles. The molecular weight excluding hydrogens is 458 g/mol. The first-order valence-corrected chi connectivity index (χ1v) is 12.1.